The van der Waals surface area contributed by atoms with Crippen LogP contribution in [0.25, 0.3) is 11.8 Å². The third-order valence-corrected chi connectivity index (χ3v) is 2.34. The maximum Gasteiger partial charge on any atom is 0.244 e. The Morgan fingerprint density at radius 1 is 1.42 bits per heavy atom. The predicted molar refractivity (Wildman–Crippen MR) is 71.5 cm³/mol. The Morgan fingerprint density at radius 2 is 2.26 bits per heavy atom. The van der Waals surface area contributed by atoms with Gasteiger partial charge < -0.3 is 5.32 Å². The third kappa shape index (κ3) is 3.74. The molecule has 0 saturated carbocycles. The normalized spacial score (nSPS) is 11.1. The average molecular weight is 257 g/mol. The minimum absolute atomic E-state index is 0.108. The lowest BCUT2D eigenvalue weighted by Crippen LogP contribution is -2.28. The number of rotatable bonds is 4. The first-order valence-corrected chi connectivity index (χ1v) is 5.97. The van der Waals surface area contributed by atoms with Gasteiger partial charge in [-0.1, -0.05) is 12.1 Å². The summed E-state index contributed by atoms with van der Waals surface area (Å²) in [4.78, 5) is 11.5. The van der Waals surface area contributed by atoms with Crippen molar-refractivity contribution in [3.63, 3.8) is 0 Å². The standard InChI is InChI=1S/C13H15N5O/c1-10(2)15-13(19)7-6-11-4-3-5-12(8-11)18-9-14-16-17-18/h3-10H,1-2H3,(H,15,19)/b7-6+. The van der Waals surface area contributed by atoms with E-state index in [-0.39, 0.29) is 11.9 Å². The van der Waals surface area contributed by atoms with Crippen molar-refractivity contribution < 1.29 is 4.79 Å². The second-order valence-electron chi connectivity index (χ2n) is 4.35. The van der Waals surface area contributed by atoms with Gasteiger partial charge in [-0.05, 0) is 48.0 Å². The molecule has 2 aromatic rings. The first-order valence-electron chi connectivity index (χ1n) is 5.97. The summed E-state index contributed by atoms with van der Waals surface area (Å²) in [5.41, 5.74) is 1.75. The van der Waals surface area contributed by atoms with Crippen molar-refractivity contribution in [1.29, 1.82) is 0 Å². The quantitative estimate of drug-likeness (QED) is 0.835. The van der Waals surface area contributed by atoms with Crippen LogP contribution in [0.5, 0.6) is 0 Å². The number of hydrogen-bond acceptors (Lipinski definition) is 4. The van der Waals surface area contributed by atoms with Crippen molar-refractivity contribution in [2.24, 2.45) is 0 Å². The molecule has 0 fully saturated rings. The van der Waals surface area contributed by atoms with E-state index in [1.54, 1.807) is 10.8 Å². The number of benzene rings is 1. The molecule has 98 valence electrons. The highest BCUT2D eigenvalue weighted by atomic mass is 16.1. The topological polar surface area (TPSA) is 72.7 Å². The molecular formula is C13H15N5O. The molecule has 0 radical (unpaired) electrons. The SMILES string of the molecule is CC(C)NC(=O)/C=C/c1cccc(-n2cnnn2)c1. The zero-order valence-corrected chi connectivity index (χ0v) is 10.8. The number of carbonyl (C=O) groups excluding carboxylic acids is 1. The van der Waals surface area contributed by atoms with E-state index in [0.717, 1.165) is 11.3 Å². The largest absolute Gasteiger partial charge is 0.350 e. The smallest absolute Gasteiger partial charge is 0.244 e. The Hall–Kier alpha value is -2.50. The van der Waals surface area contributed by atoms with Crippen LogP contribution >= 0.6 is 0 Å². The van der Waals surface area contributed by atoms with Crippen molar-refractivity contribution in [2.45, 2.75) is 19.9 Å². The Bertz CT molecular complexity index is 574. The molecule has 1 heterocycles. The number of tetrazole rings is 1. The number of carbonyl (C=O) groups is 1. The Kier molecular flexibility index (Phi) is 4.02. The summed E-state index contributed by atoms with van der Waals surface area (Å²) in [7, 11) is 0. The molecule has 1 N–H and O–H groups in total. The van der Waals surface area contributed by atoms with E-state index in [1.807, 2.05) is 38.1 Å². The van der Waals surface area contributed by atoms with Crippen LogP contribution in [0.2, 0.25) is 0 Å². The van der Waals surface area contributed by atoms with Gasteiger partial charge in [0, 0.05) is 12.1 Å². The molecule has 0 atom stereocenters. The molecule has 2 rings (SSSR count). The fourth-order valence-corrected chi connectivity index (χ4v) is 1.56. The molecule has 0 spiro atoms. The minimum Gasteiger partial charge on any atom is -0.350 e. The zero-order chi connectivity index (χ0) is 13.7. The summed E-state index contributed by atoms with van der Waals surface area (Å²) in [5.74, 6) is -0.108. The van der Waals surface area contributed by atoms with Crippen LogP contribution in [-0.2, 0) is 4.79 Å². The zero-order valence-electron chi connectivity index (χ0n) is 10.8. The summed E-state index contributed by atoms with van der Waals surface area (Å²) in [5, 5.41) is 13.8. The summed E-state index contributed by atoms with van der Waals surface area (Å²) in [6, 6.07) is 7.71. The molecule has 6 nitrogen and oxygen atoms in total. The molecule has 0 aliphatic rings. The van der Waals surface area contributed by atoms with Gasteiger partial charge in [0.1, 0.15) is 6.33 Å². The van der Waals surface area contributed by atoms with Gasteiger partial charge >= 0.3 is 0 Å². The van der Waals surface area contributed by atoms with Gasteiger partial charge in [0.25, 0.3) is 0 Å². The molecule has 1 aromatic carbocycles. The number of nitrogens with zero attached hydrogens (tertiary/aromatic N) is 4. The fraction of sp³-hybridized carbons (Fsp3) is 0.231. The molecule has 1 amide bonds. The molecule has 0 saturated heterocycles. The lowest BCUT2D eigenvalue weighted by Gasteiger charge is -2.04. The van der Waals surface area contributed by atoms with Gasteiger partial charge in [0.2, 0.25) is 5.91 Å². The fourth-order valence-electron chi connectivity index (χ4n) is 1.56. The maximum absolute atomic E-state index is 11.5. The highest BCUT2D eigenvalue weighted by Crippen LogP contribution is 2.10. The Labute approximate surface area is 111 Å². The molecule has 0 unspecified atom stereocenters. The van der Waals surface area contributed by atoms with E-state index in [4.69, 9.17) is 0 Å². The van der Waals surface area contributed by atoms with Crippen LogP contribution < -0.4 is 5.32 Å². The predicted octanol–water partition coefficient (Wildman–Crippen LogP) is 1.20. The van der Waals surface area contributed by atoms with Crippen molar-refractivity contribution in [3.05, 3.63) is 42.2 Å². The van der Waals surface area contributed by atoms with Crippen molar-refractivity contribution >= 4 is 12.0 Å². The van der Waals surface area contributed by atoms with Gasteiger partial charge in [0.05, 0.1) is 5.69 Å². The minimum atomic E-state index is -0.108. The van der Waals surface area contributed by atoms with Crippen LogP contribution in [0.15, 0.2) is 36.7 Å². The second kappa shape index (κ2) is 5.90. The monoisotopic (exact) mass is 257 g/mol. The second-order valence-corrected chi connectivity index (χ2v) is 4.35. The van der Waals surface area contributed by atoms with Gasteiger partial charge in [0.15, 0.2) is 0 Å². The van der Waals surface area contributed by atoms with Gasteiger partial charge in [-0.15, -0.1) is 5.10 Å². The Balaban J connectivity index is 2.11. The highest BCUT2D eigenvalue weighted by Gasteiger charge is 2.00. The van der Waals surface area contributed by atoms with Crippen molar-refractivity contribution in [2.75, 3.05) is 0 Å². The molecule has 6 heteroatoms. The number of aromatic nitrogens is 4. The van der Waals surface area contributed by atoms with Gasteiger partial charge in [-0.25, -0.2) is 4.68 Å². The number of nitrogens with one attached hydrogen (secondary N) is 1. The van der Waals surface area contributed by atoms with Crippen LogP contribution in [0, 0.1) is 0 Å². The van der Waals surface area contributed by atoms with E-state index in [1.165, 1.54) is 12.4 Å². The molecular weight excluding hydrogens is 242 g/mol. The van der Waals surface area contributed by atoms with Gasteiger partial charge in [-0.2, -0.15) is 0 Å². The lowest BCUT2D eigenvalue weighted by molar-refractivity contribution is -0.116. The van der Waals surface area contributed by atoms with E-state index in [9.17, 15) is 4.79 Å². The molecule has 0 bridgehead atoms. The van der Waals surface area contributed by atoms with Crippen LogP contribution in [0.3, 0.4) is 0 Å². The van der Waals surface area contributed by atoms with Crippen molar-refractivity contribution in [1.82, 2.24) is 25.5 Å². The first-order chi connectivity index (χ1) is 9.15. The number of amides is 1. The highest BCUT2D eigenvalue weighted by molar-refractivity contribution is 5.91. The number of hydrogen-bond donors (Lipinski definition) is 1. The summed E-state index contributed by atoms with van der Waals surface area (Å²) in [6.07, 6.45) is 4.79. The lowest BCUT2D eigenvalue weighted by atomic mass is 10.2. The molecule has 19 heavy (non-hydrogen) atoms. The van der Waals surface area contributed by atoms with E-state index < -0.39 is 0 Å². The first kappa shape index (κ1) is 12.9. The van der Waals surface area contributed by atoms with Crippen molar-refractivity contribution in [3.8, 4) is 5.69 Å². The molecule has 0 aliphatic heterocycles. The average Bonchev–Trinajstić information content (AvgIpc) is 2.90. The maximum atomic E-state index is 11.5. The van der Waals surface area contributed by atoms with Crippen LogP contribution in [-0.4, -0.2) is 32.2 Å². The Morgan fingerprint density at radius 3 is 2.95 bits per heavy atom. The van der Waals surface area contributed by atoms with Crippen LogP contribution in [0.1, 0.15) is 19.4 Å². The van der Waals surface area contributed by atoms with Crippen LogP contribution in [0.4, 0.5) is 0 Å². The van der Waals surface area contributed by atoms with E-state index >= 15 is 0 Å². The molecule has 1 aromatic heterocycles. The van der Waals surface area contributed by atoms with Gasteiger partial charge in [-0.3, -0.25) is 4.79 Å². The van der Waals surface area contributed by atoms with E-state index in [2.05, 4.69) is 20.8 Å². The molecule has 0 aliphatic carbocycles. The summed E-state index contributed by atoms with van der Waals surface area (Å²) in [6.45, 7) is 3.84. The summed E-state index contributed by atoms with van der Waals surface area (Å²) >= 11 is 0. The third-order valence-electron chi connectivity index (χ3n) is 2.34. The summed E-state index contributed by atoms with van der Waals surface area (Å²) < 4.78 is 1.56. The van der Waals surface area contributed by atoms with E-state index in [0.29, 0.717) is 0 Å².